The van der Waals surface area contributed by atoms with E-state index in [4.69, 9.17) is 11.5 Å². The highest BCUT2D eigenvalue weighted by Crippen LogP contribution is 2.24. The van der Waals surface area contributed by atoms with Crippen LogP contribution in [-0.4, -0.2) is 29.0 Å². The van der Waals surface area contributed by atoms with Crippen LogP contribution >= 0.6 is 0 Å². The van der Waals surface area contributed by atoms with E-state index in [1.807, 2.05) is 60.7 Å². The quantitative estimate of drug-likeness (QED) is 0.388. The minimum Gasteiger partial charge on any atom is -0.394 e. The molecule has 0 aliphatic carbocycles. The minimum atomic E-state index is -0.636. The molecule has 0 unspecified atom stereocenters. The molecule has 3 aromatic carbocycles. The van der Waals surface area contributed by atoms with Gasteiger partial charge in [0, 0.05) is 30.0 Å². The van der Waals surface area contributed by atoms with Gasteiger partial charge in [-0.1, -0.05) is 36.4 Å². The number of nitrogens with one attached hydrogen (secondary N) is 1. The van der Waals surface area contributed by atoms with Gasteiger partial charge in [-0.3, -0.25) is 4.79 Å². The Labute approximate surface area is 203 Å². The molecule has 5 N–H and O–H groups in total. The second kappa shape index (κ2) is 11.1. The zero-order chi connectivity index (χ0) is 24.6. The van der Waals surface area contributed by atoms with E-state index in [0.29, 0.717) is 11.3 Å². The molecule has 0 spiro atoms. The van der Waals surface area contributed by atoms with E-state index in [2.05, 4.69) is 20.2 Å². The van der Waals surface area contributed by atoms with E-state index in [-0.39, 0.29) is 22.9 Å². The zero-order valence-corrected chi connectivity index (χ0v) is 19.2. The Morgan fingerprint density at radius 1 is 0.914 bits per heavy atom. The number of hydrogen-bond acceptors (Lipinski definition) is 6. The van der Waals surface area contributed by atoms with E-state index in [1.165, 1.54) is 37.2 Å². The lowest BCUT2D eigenvalue weighted by atomic mass is 10.1. The molecule has 0 radical (unpaired) electrons. The van der Waals surface area contributed by atoms with E-state index in [9.17, 15) is 9.18 Å². The molecule has 7 nitrogen and oxygen atoms in total. The van der Waals surface area contributed by atoms with Crippen molar-refractivity contribution in [3.05, 3.63) is 96.4 Å². The third-order valence-electron chi connectivity index (χ3n) is 5.58. The summed E-state index contributed by atoms with van der Waals surface area (Å²) in [5, 5.41) is 2.73. The van der Waals surface area contributed by atoms with Crippen molar-refractivity contribution in [2.24, 2.45) is 0 Å². The summed E-state index contributed by atoms with van der Waals surface area (Å²) in [7, 11) is 0. The van der Waals surface area contributed by atoms with E-state index in [1.54, 1.807) is 0 Å². The summed E-state index contributed by atoms with van der Waals surface area (Å²) in [4.78, 5) is 23.1. The van der Waals surface area contributed by atoms with Gasteiger partial charge < -0.3 is 21.7 Å². The Morgan fingerprint density at radius 2 is 1.54 bits per heavy atom. The summed E-state index contributed by atoms with van der Waals surface area (Å²) < 4.78 is 14.3. The maximum absolute atomic E-state index is 14.3. The molecule has 8 heteroatoms. The smallest absolute Gasteiger partial charge is 0.258 e. The lowest BCUT2D eigenvalue weighted by Gasteiger charge is -2.17. The lowest BCUT2D eigenvalue weighted by molar-refractivity contribution is 0.102. The van der Waals surface area contributed by atoms with Crippen molar-refractivity contribution in [1.29, 1.82) is 0 Å². The van der Waals surface area contributed by atoms with Crippen LogP contribution in [0.5, 0.6) is 0 Å². The molecule has 1 fully saturated rings. The van der Waals surface area contributed by atoms with E-state index < -0.39 is 11.7 Å². The average Bonchev–Trinajstić information content (AvgIpc) is 3.43. The van der Waals surface area contributed by atoms with Crippen LogP contribution in [0.3, 0.4) is 0 Å². The molecular weight excluding hydrogens is 443 g/mol. The molecule has 5 rings (SSSR count). The van der Waals surface area contributed by atoms with Crippen LogP contribution in [0.4, 0.5) is 27.3 Å². The standard InChI is InChI=1S/C21H21FN6O.C6H6/c22-17-8-3-13(20-25-12-18(23)19(24)27-20)11-16(17)21(29)26-14-4-6-15(7-5-14)28-9-1-2-10-28;1-2-4-6-5-3-1/h3-8,11-12H,1-2,9-10,23H2,(H,26,29)(H2,24,25,27);1-6H. The molecule has 1 amide bonds. The van der Waals surface area contributed by atoms with Crippen molar-refractivity contribution in [3.63, 3.8) is 0 Å². The van der Waals surface area contributed by atoms with E-state index in [0.717, 1.165) is 18.8 Å². The predicted octanol–water partition coefficient (Wildman–Crippen LogP) is 4.99. The summed E-state index contributed by atoms with van der Waals surface area (Å²) in [6, 6.07) is 23.6. The molecule has 2 heterocycles. The van der Waals surface area contributed by atoms with Crippen LogP contribution in [0, 0.1) is 5.82 Å². The second-order valence-electron chi connectivity index (χ2n) is 8.08. The molecule has 1 aromatic heterocycles. The number of carbonyl (C=O) groups excluding carboxylic acids is 1. The molecule has 0 saturated carbocycles. The Balaban J connectivity index is 0.000000421. The largest absolute Gasteiger partial charge is 0.394 e. The van der Waals surface area contributed by atoms with Crippen molar-refractivity contribution in [3.8, 4) is 11.4 Å². The number of anilines is 4. The van der Waals surface area contributed by atoms with Crippen LogP contribution in [0.15, 0.2) is 85.1 Å². The zero-order valence-electron chi connectivity index (χ0n) is 19.2. The fraction of sp³-hybridized carbons (Fsp3) is 0.148. The van der Waals surface area contributed by atoms with Gasteiger partial charge in [0.1, 0.15) is 5.82 Å². The Bertz CT molecular complexity index is 1250. The number of nitrogen functional groups attached to an aromatic ring is 2. The van der Waals surface area contributed by atoms with Crippen LogP contribution in [0.2, 0.25) is 0 Å². The van der Waals surface area contributed by atoms with Crippen LogP contribution in [0.1, 0.15) is 23.2 Å². The van der Waals surface area contributed by atoms with Gasteiger partial charge in [-0.05, 0) is 55.3 Å². The number of rotatable bonds is 4. The van der Waals surface area contributed by atoms with Gasteiger partial charge in [-0.2, -0.15) is 0 Å². The van der Waals surface area contributed by atoms with Gasteiger partial charge in [-0.25, -0.2) is 14.4 Å². The molecule has 1 aliphatic heterocycles. The number of halogens is 1. The van der Waals surface area contributed by atoms with Gasteiger partial charge >= 0.3 is 0 Å². The third-order valence-corrected chi connectivity index (χ3v) is 5.58. The van der Waals surface area contributed by atoms with Gasteiger partial charge in [0.05, 0.1) is 17.4 Å². The topological polar surface area (TPSA) is 110 Å². The molecule has 1 saturated heterocycles. The van der Waals surface area contributed by atoms with Crippen molar-refractivity contribution >= 4 is 28.8 Å². The molecule has 4 aromatic rings. The molecule has 35 heavy (non-hydrogen) atoms. The van der Waals surface area contributed by atoms with E-state index >= 15 is 0 Å². The van der Waals surface area contributed by atoms with Crippen molar-refractivity contribution < 1.29 is 9.18 Å². The van der Waals surface area contributed by atoms with Crippen molar-refractivity contribution in [2.45, 2.75) is 12.8 Å². The highest BCUT2D eigenvalue weighted by molar-refractivity contribution is 6.05. The normalized spacial score (nSPS) is 12.5. The van der Waals surface area contributed by atoms with Crippen LogP contribution in [0.25, 0.3) is 11.4 Å². The summed E-state index contributed by atoms with van der Waals surface area (Å²) in [5.41, 5.74) is 13.7. The number of carbonyl (C=O) groups is 1. The predicted molar refractivity (Wildman–Crippen MR) is 139 cm³/mol. The maximum Gasteiger partial charge on any atom is 0.258 e. The number of aromatic nitrogens is 2. The SMILES string of the molecule is Nc1cnc(-c2ccc(F)c(C(=O)Nc3ccc(N4CCCC4)cc3)c2)nc1N.c1ccccc1. The molecule has 0 atom stereocenters. The molecular formula is C27H27FN6O. The summed E-state index contributed by atoms with van der Waals surface area (Å²) in [6.45, 7) is 2.09. The third kappa shape index (κ3) is 6.11. The van der Waals surface area contributed by atoms with Crippen molar-refractivity contribution in [1.82, 2.24) is 9.97 Å². The van der Waals surface area contributed by atoms with Crippen molar-refractivity contribution in [2.75, 3.05) is 34.8 Å². The first-order valence-corrected chi connectivity index (χ1v) is 11.4. The first-order chi connectivity index (χ1) is 17.0. The monoisotopic (exact) mass is 470 g/mol. The first kappa shape index (κ1) is 23.7. The number of nitrogens with zero attached hydrogens (tertiary/aromatic N) is 3. The number of amides is 1. The summed E-state index contributed by atoms with van der Waals surface area (Å²) in [5.74, 6) is -0.797. The summed E-state index contributed by atoms with van der Waals surface area (Å²) >= 11 is 0. The number of nitrogens with two attached hydrogens (primary N) is 2. The van der Waals surface area contributed by atoms with Gasteiger partial charge in [0.2, 0.25) is 0 Å². The molecule has 0 bridgehead atoms. The average molecular weight is 471 g/mol. The fourth-order valence-corrected chi connectivity index (χ4v) is 3.70. The Morgan fingerprint density at radius 3 is 2.14 bits per heavy atom. The van der Waals surface area contributed by atoms with Gasteiger partial charge in [-0.15, -0.1) is 0 Å². The fourth-order valence-electron chi connectivity index (χ4n) is 3.70. The van der Waals surface area contributed by atoms with Gasteiger partial charge in [0.25, 0.3) is 5.91 Å². The first-order valence-electron chi connectivity index (χ1n) is 11.4. The molecule has 1 aliphatic rings. The van der Waals surface area contributed by atoms with Crippen LogP contribution in [-0.2, 0) is 0 Å². The Hall–Kier alpha value is -4.46. The highest BCUT2D eigenvalue weighted by Gasteiger charge is 2.16. The van der Waals surface area contributed by atoms with Crippen LogP contribution < -0.4 is 21.7 Å². The number of hydrogen-bond donors (Lipinski definition) is 3. The molecule has 178 valence electrons. The second-order valence-corrected chi connectivity index (χ2v) is 8.08. The maximum atomic E-state index is 14.3. The Kier molecular flexibility index (Phi) is 7.52. The highest BCUT2D eigenvalue weighted by atomic mass is 19.1. The summed E-state index contributed by atoms with van der Waals surface area (Å²) in [6.07, 6.45) is 3.76. The van der Waals surface area contributed by atoms with Gasteiger partial charge in [0.15, 0.2) is 11.6 Å². The number of benzene rings is 3. The minimum absolute atomic E-state index is 0.106. The lowest BCUT2D eigenvalue weighted by Crippen LogP contribution is -2.17.